The SMILES string of the molecule is Bc1c(NC(=O)c2cccc(C(C)(C)C#N)c2)ccc(C)c1C1=Cc2cnc(NC)nc2N2CCN=C12. The van der Waals surface area contributed by atoms with Crippen molar-refractivity contribution in [2.75, 3.05) is 35.7 Å². The molecule has 2 N–H and O–H groups in total. The molecule has 2 aromatic carbocycles. The molecule has 5 rings (SSSR count). The monoisotopic (exact) mass is 489 g/mol. The van der Waals surface area contributed by atoms with Gasteiger partial charge >= 0.3 is 0 Å². The highest BCUT2D eigenvalue weighted by Gasteiger charge is 2.32. The number of benzene rings is 2. The number of nitrogens with one attached hydrogen (secondary N) is 2. The second-order valence-corrected chi connectivity index (χ2v) is 9.84. The number of nitrogens with zero attached hydrogens (tertiary/aromatic N) is 5. The van der Waals surface area contributed by atoms with Gasteiger partial charge in [0.25, 0.3) is 5.91 Å². The van der Waals surface area contributed by atoms with Crippen molar-refractivity contribution in [2.24, 2.45) is 4.99 Å². The van der Waals surface area contributed by atoms with E-state index in [0.717, 1.165) is 57.2 Å². The molecule has 0 aliphatic carbocycles. The molecule has 0 fully saturated rings. The Kier molecular flexibility index (Phi) is 6.04. The van der Waals surface area contributed by atoms with Crippen molar-refractivity contribution in [3.8, 4) is 6.07 Å². The van der Waals surface area contributed by atoms with E-state index in [1.165, 1.54) is 0 Å². The quantitative estimate of drug-likeness (QED) is 0.534. The van der Waals surface area contributed by atoms with Crippen LogP contribution in [0.3, 0.4) is 0 Å². The van der Waals surface area contributed by atoms with Crippen LogP contribution in [0.2, 0.25) is 0 Å². The molecule has 0 spiro atoms. The summed E-state index contributed by atoms with van der Waals surface area (Å²) in [6, 6.07) is 13.5. The fraction of sp³-hybridized carbons (Fsp3) is 0.250. The second-order valence-electron chi connectivity index (χ2n) is 9.84. The highest BCUT2D eigenvalue weighted by Crippen LogP contribution is 2.36. The Morgan fingerprint density at radius 2 is 2.05 bits per heavy atom. The highest BCUT2D eigenvalue weighted by molar-refractivity contribution is 6.45. The normalized spacial score (nSPS) is 14.2. The van der Waals surface area contributed by atoms with Crippen LogP contribution in [-0.2, 0) is 5.41 Å². The molecule has 8 nitrogen and oxygen atoms in total. The summed E-state index contributed by atoms with van der Waals surface area (Å²) in [6.45, 7) is 7.20. The van der Waals surface area contributed by atoms with Gasteiger partial charge in [0.1, 0.15) is 19.5 Å². The average Bonchev–Trinajstić information content (AvgIpc) is 3.41. The van der Waals surface area contributed by atoms with Crippen molar-refractivity contribution in [2.45, 2.75) is 26.2 Å². The molecule has 184 valence electrons. The van der Waals surface area contributed by atoms with Crippen LogP contribution in [0.25, 0.3) is 11.6 Å². The van der Waals surface area contributed by atoms with E-state index in [2.05, 4.69) is 44.6 Å². The summed E-state index contributed by atoms with van der Waals surface area (Å²) in [4.78, 5) is 29.3. The zero-order valence-electron chi connectivity index (χ0n) is 21.7. The number of aryl methyl sites for hydroxylation is 1. The van der Waals surface area contributed by atoms with E-state index in [9.17, 15) is 10.1 Å². The fourth-order valence-electron chi connectivity index (χ4n) is 4.81. The first-order chi connectivity index (χ1) is 17.7. The van der Waals surface area contributed by atoms with Crippen LogP contribution in [0, 0.1) is 18.3 Å². The Labute approximate surface area is 217 Å². The molecular formula is C28H28BN7O. The number of amides is 1. The molecular weight excluding hydrogens is 461 g/mol. The maximum atomic E-state index is 13.2. The van der Waals surface area contributed by atoms with Crippen molar-refractivity contribution < 1.29 is 4.79 Å². The molecule has 9 heteroatoms. The fourth-order valence-corrected chi connectivity index (χ4v) is 4.81. The van der Waals surface area contributed by atoms with E-state index in [1.807, 2.05) is 52.2 Å². The molecule has 0 atom stereocenters. The third kappa shape index (κ3) is 4.25. The van der Waals surface area contributed by atoms with Gasteiger partial charge in [-0.1, -0.05) is 23.7 Å². The van der Waals surface area contributed by atoms with Crippen LogP contribution in [0.15, 0.2) is 47.6 Å². The zero-order chi connectivity index (χ0) is 26.3. The lowest BCUT2D eigenvalue weighted by molar-refractivity contribution is 0.102. The van der Waals surface area contributed by atoms with E-state index in [1.54, 1.807) is 19.2 Å². The third-order valence-corrected chi connectivity index (χ3v) is 6.97. The average molecular weight is 489 g/mol. The minimum atomic E-state index is -0.682. The van der Waals surface area contributed by atoms with Gasteiger partial charge < -0.3 is 15.5 Å². The largest absolute Gasteiger partial charge is 0.357 e. The topological polar surface area (TPSA) is 106 Å². The van der Waals surface area contributed by atoms with Crippen LogP contribution < -0.4 is 21.0 Å². The summed E-state index contributed by atoms with van der Waals surface area (Å²) in [5, 5.41) is 15.6. The van der Waals surface area contributed by atoms with E-state index >= 15 is 0 Å². The van der Waals surface area contributed by atoms with Gasteiger partial charge in [0.05, 0.1) is 18.0 Å². The molecule has 3 aromatic rings. The number of aliphatic imine (C=N–C) groups is 1. The van der Waals surface area contributed by atoms with Crippen molar-refractivity contribution in [3.63, 3.8) is 0 Å². The van der Waals surface area contributed by atoms with Crippen LogP contribution in [-0.4, -0.2) is 49.7 Å². The zero-order valence-corrected chi connectivity index (χ0v) is 21.7. The van der Waals surface area contributed by atoms with E-state index < -0.39 is 5.41 Å². The first-order valence-corrected chi connectivity index (χ1v) is 12.3. The van der Waals surface area contributed by atoms with E-state index in [-0.39, 0.29) is 5.91 Å². The number of anilines is 3. The third-order valence-electron chi connectivity index (χ3n) is 6.97. The Hall–Kier alpha value is -4.45. The van der Waals surface area contributed by atoms with Gasteiger partial charge in [0.2, 0.25) is 5.95 Å². The molecule has 0 unspecified atom stereocenters. The molecule has 1 aromatic heterocycles. The van der Waals surface area contributed by atoms with E-state index in [0.29, 0.717) is 18.1 Å². The van der Waals surface area contributed by atoms with Gasteiger partial charge in [0, 0.05) is 42.2 Å². The molecule has 1 amide bonds. The lowest BCUT2D eigenvalue weighted by atomic mass is 9.81. The summed E-state index contributed by atoms with van der Waals surface area (Å²) < 4.78 is 0. The smallest absolute Gasteiger partial charge is 0.255 e. The number of carbonyl (C=O) groups is 1. The predicted molar refractivity (Wildman–Crippen MR) is 151 cm³/mol. The Morgan fingerprint density at radius 3 is 2.81 bits per heavy atom. The number of aromatic nitrogens is 2. The van der Waals surface area contributed by atoms with Gasteiger partial charge in [-0.05, 0) is 61.7 Å². The van der Waals surface area contributed by atoms with Crippen molar-refractivity contribution >= 4 is 54.2 Å². The first-order valence-electron chi connectivity index (χ1n) is 12.3. The Balaban J connectivity index is 1.53. The van der Waals surface area contributed by atoms with Gasteiger partial charge in [-0.3, -0.25) is 9.79 Å². The van der Waals surface area contributed by atoms with Gasteiger partial charge in [-0.25, -0.2) is 4.98 Å². The molecule has 3 heterocycles. The van der Waals surface area contributed by atoms with Crippen molar-refractivity contribution in [3.05, 3.63) is 70.4 Å². The summed E-state index contributed by atoms with van der Waals surface area (Å²) in [5.41, 5.74) is 6.37. The van der Waals surface area contributed by atoms with Crippen LogP contribution in [0.5, 0.6) is 0 Å². The molecule has 0 saturated carbocycles. The number of amidine groups is 1. The number of nitriles is 1. The lowest BCUT2D eigenvalue weighted by Crippen LogP contribution is -2.34. The number of fused-ring (bicyclic) bond motifs is 3. The van der Waals surface area contributed by atoms with Crippen molar-refractivity contribution in [1.82, 2.24) is 9.97 Å². The van der Waals surface area contributed by atoms with Gasteiger partial charge in [-0.2, -0.15) is 10.2 Å². The second kappa shape index (κ2) is 9.21. The first kappa shape index (κ1) is 24.3. The minimum absolute atomic E-state index is 0.218. The number of hydrogen-bond donors (Lipinski definition) is 2. The van der Waals surface area contributed by atoms with Crippen LogP contribution in [0.1, 0.15) is 46.5 Å². The standard InChI is InChI=1S/C28H28BN7O/c1-16-8-9-21(34-26(37)17-6-5-7-19(12-17)28(2,3)15-30)23(29)22(16)20-13-18-14-33-27(31-4)35-24(18)36-11-10-32-25(20)36/h5-9,12-14H,10-11,29H2,1-4H3,(H,34,37)(H,31,33,35). The number of rotatable bonds is 5. The molecule has 37 heavy (non-hydrogen) atoms. The van der Waals surface area contributed by atoms with Gasteiger partial charge in [0.15, 0.2) is 0 Å². The van der Waals surface area contributed by atoms with Crippen molar-refractivity contribution in [1.29, 1.82) is 5.26 Å². The number of hydrogen-bond acceptors (Lipinski definition) is 7. The molecule has 2 aliphatic heterocycles. The predicted octanol–water partition coefficient (Wildman–Crippen LogP) is 2.91. The lowest BCUT2D eigenvalue weighted by Gasteiger charge is -2.29. The maximum absolute atomic E-state index is 13.2. The summed E-state index contributed by atoms with van der Waals surface area (Å²) in [6.07, 6.45) is 3.92. The molecule has 0 saturated heterocycles. The Morgan fingerprint density at radius 1 is 1.24 bits per heavy atom. The maximum Gasteiger partial charge on any atom is 0.255 e. The Bertz CT molecular complexity index is 1530. The molecule has 0 bridgehead atoms. The van der Waals surface area contributed by atoms with Crippen LogP contribution in [0.4, 0.5) is 17.5 Å². The summed E-state index contributed by atoms with van der Waals surface area (Å²) >= 11 is 0. The summed E-state index contributed by atoms with van der Waals surface area (Å²) in [7, 11) is 3.82. The number of carbonyl (C=O) groups excluding carboxylic acids is 1. The summed E-state index contributed by atoms with van der Waals surface area (Å²) in [5.74, 6) is 2.08. The molecule has 0 radical (unpaired) electrons. The van der Waals surface area contributed by atoms with Crippen LogP contribution >= 0.6 is 0 Å². The molecule has 2 aliphatic rings. The van der Waals surface area contributed by atoms with E-state index in [4.69, 9.17) is 4.99 Å². The minimum Gasteiger partial charge on any atom is -0.357 e. The highest BCUT2D eigenvalue weighted by atomic mass is 16.1. The van der Waals surface area contributed by atoms with Gasteiger partial charge in [-0.15, -0.1) is 0 Å².